The lowest BCUT2D eigenvalue weighted by Gasteiger charge is -2.20. The molecule has 1 unspecified atom stereocenters. The molecule has 0 spiro atoms. The molecule has 0 saturated carbocycles. The van der Waals surface area contributed by atoms with Gasteiger partial charge in [0.15, 0.2) is 0 Å². The summed E-state index contributed by atoms with van der Waals surface area (Å²) in [7, 11) is 0. The third-order valence-corrected chi connectivity index (χ3v) is 5.68. The van der Waals surface area contributed by atoms with Gasteiger partial charge in [-0.15, -0.1) is 0 Å². The first kappa shape index (κ1) is 20.3. The molecule has 1 atom stereocenters. The van der Waals surface area contributed by atoms with Crippen molar-refractivity contribution in [1.82, 2.24) is 4.90 Å². The van der Waals surface area contributed by atoms with Gasteiger partial charge in [-0.1, -0.05) is 72.3 Å². The lowest BCUT2D eigenvalue weighted by atomic mass is 10.0. The number of benzene rings is 3. The van der Waals surface area contributed by atoms with Gasteiger partial charge in [-0.25, -0.2) is 4.39 Å². The smallest absolute Gasteiger partial charge is 0.240 e. The molecule has 3 aromatic rings. The molecule has 4 rings (SSSR count). The summed E-state index contributed by atoms with van der Waals surface area (Å²) in [5.41, 5.74) is 11.2. The van der Waals surface area contributed by atoms with Crippen LogP contribution in [-0.4, -0.2) is 16.8 Å². The van der Waals surface area contributed by atoms with Crippen LogP contribution in [0.5, 0.6) is 0 Å². The molecule has 0 saturated heterocycles. The molecule has 2 N–H and O–H groups in total. The van der Waals surface area contributed by atoms with E-state index in [1.54, 1.807) is 17.0 Å². The minimum atomic E-state index is -0.641. The monoisotopic (exact) mass is 420 g/mol. The minimum absolute atomic E-state index is 0.0671. The summed E-state index contributed by atoms with van der Waals surface area (Å²) in [6, 6.07) is 19.4. The highest BCUT2D eigenvalue weighted by Crippen LogP contribution is 2.25. The van der Waals surface area contributed by atoms with Crippen molar-refractivity contribution in [1.29, 1.82) is 0 Å². The van der Waals surface area contributed by atoms with Crippen LogP contribution in [0.25, 0.3) is 12.2 Å². The first-order chi connectivity index (χ1) is 14.5. The van der Waals surface area contributed by atoms with Crippen molar-refractivity contribution in [3.8, 4) is 0 Å². The van der Waals surface area contributed by atoms with Gasteiger partial charge in [0.1, 0.15) is 5.82 Å². The number of hydrogen-bond donors (Lipinski definition) is 1. The number of nitrogens with two attached hydrogens (primary N) is 1. The summed E-state index contributed by atoms with van der Waals surface area (Å²) in [6.07, 6.45) is 4.19. The maximum absolute atomic E-state index is 13.0. The summed E-state index contributed by atoms with van der Waals surface area (Å²) in [5.74, 6) is -0.328. The topological polar surface area (TPSA) is 46.3 Å². The molecule has 3 nitrogen and oxygen atoms in total. The quantitative estimate of drug-likeness (QED) is 0.586. The molecule has 30 heavy (non-hydrogen) atoms. The van der Waals surface area contributed by atoms with E-state index in [-0.39, 0.29) is 11.7 Å². The maximum Gasteiger partial charge on any atom is 0.240 e. The number of fused-ring (bicyclic) bond motifs is 1. The number of halogens is 2. The molecule has 1 aliphatic heterocycles. The highest BCUT2D eigenvalue weighted by molar-refractivity contribution is 6.31. The summed E-state index contributed by atoms with van der Waals surface area (Å²) < 4.78 is 13.0. The largest absolute Gasteiger partial charge is 0.333 e. The van der Waals surface area contributed by atoms with Crippen LogP contribution < -0.4 is 5.73 Å². The van der Waals surface area contributed by atoms with E-state index in [9.17, 15) is 9.18 Å². The summed E-state index contributed by atoms with van der Waals surface area (Å²) in [4.78, 5) is 14.6. The average molecular weight is 421 g/mol. The second-order valence-electron chi connectivity index (χ2n) is 7.51. The van der Waals surface area contributed by atoms with Gasteiger partial charge in [-0.2, -0.15) is 0 Å². The first-order valence-corrected chi connectivity index (χ1v) is 10.2. The van der Waals surface area contributed by atoms with Gasteiger partial charge in [0, 0.05) is 18.1 Å². The molecular weight excluding hydrogens is 399 g/mol. The van der Waals surface area contributed by atoms with Crippen LogP contribution in [0, 0.1) is 5.82 Å². The van der Waals surface area contributed by atoms with Crippen LogP contribution in [0.15, 0.2) is 66.7 Å². The van der Waals surface area contributed by atoms with Crippen molar-refractivity contribution in [3.05, 3.63) is 105 Å². The molecule has 0 fully saturated rings. The number of carbonyl (C=O) groups is 1. The number of amides is 1. The number of hydrogen-bond acceptors (Lipinski definition) is 2. The standard InChI is InChI=1S/C25H22ClFN2O/c26-23-13-18(6-5-17-8-11-22(27)12-9-17)7-10-19(23)14-24(28)25(30)29-15-20-3-1-2-4-21(20)16-29/h1-13,24H,14-16,28H2/b6-5+. The van der Waals surface area contributed by atoms with E-state index in [1.807, 2.05) is 54.6 Å². The van der Waals surface area contributed by atoms with E-state index in [0.717, 1.165) is 16.7 Å². The van der Waals surface area contributed by atoms with E-state index in [4.69, 9.17) is 17.3 Å². The van der Waals surface area contributed by atoms with Crippen molar-refractivity contribution in [2.24, 2.45) is 5.73 Å². The lowest BCUT2D eigenvalue weighted by molar-refractivity contribution is -0.133. The van der Waals surface area contributed by atoms with E-state index >= 15 is 0 Å². The van der Waals surface area contributed by atoms with Gasteiger partial charge in [0.25, 0.3) is 0 Å². The Balaban J connectivity index is 1.40. The molecule has 0 aromatic heterocycles. The second-order valence-corrected chi connectivity index (χ2v) is 7.92. The Kier molecular flexibility index (Phi) is 5.98. The van der Waals surface area contributed by atoms with Crippen molar-refractivity contribution >= 4 is 29.7 Å². The fourth-order valence-electron chi connectivity index (χ4n) is 3.65. The maximum atomic E-state index is 13.0. The number of nitrogens with zero attached hydrogens (tertiary/aromatic N) is 1. The lowest BCUT2D eigenvalue weighted by Crippen LogP contribution is -2.42. The summed E-state index contributed by atoms with van der Waals surface area (Å²) in [6.45, 7) is 1.20. The Morgan fingerprint density at radius 2 is 1.60 bits per heavy atom. The molecular formula is C25H22ClFN2O. The molecule has 0 aliphatic carbocycles. The van der Waals surface area contributed by atoms with Gasteiger partial charge in [-0.3, -0.25) is 4.79 Å². The van der Waals surface area contributed by atoms with Gasteiger partial charge < -0.3 is 10.6 Å². The molecule has 152 valence electrons. The fourth-order valence-corrected chi connectivity index (χ4v) is 3.91. The molecule has 3 aromatic carbocycles. The van der Waals surface area contributed by atoms with Gasteiger partial charge >= 0.3 is 0 Å². The number of rotatable bonds is 5. The normalized spacial score (nSPS) is 14.2. The zero-order chi connectivity index (χ0) is 21.1. The van der Waals surface area contributed by atoms with Crippen LogP contribution >= 0.6 is 11.6 Å². The van der Waals surface area contributed by atoms with Gasteiger partial charge in [0.05, 0.1) is 6.04 Å². The highest BCUT2D eigenvalue weighted by Gasteiger charge is 2.27. The van der Waals surface area contributed by atoms with Crippen molar-refractivity contribution in [3.63, 3.8) is 0 Å². The summed E-state index contributed by atoms with van der Waals surface area (Å²) >= 11 is 6.45. The van der Waals surface area contributed by atoms with Crippen molar-refractivity contribution in [2.45, 2.75) is 25.6 Å². The van der Waals surface area contributed by atoms with E-state index in [2.05, 4.69) is 0 Å². The van der Waals surface area contributed by atoms with E-state index < -0.39 is 6.04 Å². The van der Waals surface area contributed by atoms with Crippen LogP contribution in [0.1, 0.15) is 27.8 Å². The van der Waals surface area contributed by atoms with E-state index in [0.29, 0.717) is 24.5 Å². The van der Waals surface area contributed by atoms with E-state index in [1.165, 1.54) is 23.3 Å². The van der Waals surface area contributed by atoms with Crippen LogP contribution in [0.4, 0.5) is 4.39 Å². The Hall–Kier alpha value is -2.95. The zero-order valence-electron chi connectivity index (χ0n) is 16.4. The average Bonchev–Trinajstić information content (AvgIpc) is 3.18. The predicted octanol–water partition coefficient (Wildman–Crippen LogP) is 5.06. The Labute approximate surface area is 180 Å². The zero-order valence-corrected chi connectivity index (χ0v) is 17.1. The molecule has 0 bridgehead atoms. The molecule has 1 heterocycles. The Morgan fingerprint density at radius 3 is 2.23 bits per heavy atom. The second kappa shape index (κ2) is 8.82. The third-order valence-electron chi connectivity index (χ3n) is 5.32. The molecule has 1 aliphatic rings. The Morgan fingerprint density at radius 1 is 1.00 bits per heavy atom. The summed E-state index contributed by atoms with van der Waals surface area (Å²) in [5, 5.41) is 0.573. The molecule has 5 heteroatoms. The number of carbonyl (C=O) groups excluding carboxylic acids is 1. The fraction of sp³-hybridized carbons (Fsp3) is 0.160. The highest BCUT2D eigenvalue weighted by atomic mass is 35.5. The van der Waals surface area contributed by atoms with Crippen LogP contribution in [-0.2, 0) is 24.3 Å². The first-order valence-electron chi connectivity index (χ1n) is 9.83. The van der Waals surface area contributed by atoms with Gasteiger partial charge in [0.2, 0.25) is 5.91 Å². The predicted molar refractivity (Wildman–Crippen MR) is 119 cm³/mol. The minimum Gasteiger partial charge on any atom is -0.333 e. The van der Waals surface area contributed by atoms with Gasteiger partial charge in [-0.05, 0) is 52.4 Å². The molecule has 1 amide bonds. The Bertz CT molecular complexity index is 1070. The SMILES string of the molecule is NC(Cc1ccc(/C=C/c2ccc(F)cc2)cc1Cl)C(=O)N1Cc2ccccc2C1. The van der Waals surface area contributed by atoms with Crippen LogP contribution in [0.3, 0.4) is 0 Å². The van der Waals surface area contributed by atoms with Crippen molar-refractivity contribution in [2.75, 3.05) is 0 Å². The third kappa shape index (κ3) is 4.61. The van der Waals surface area contributed by atoms with Crippen molar-refractivity contribution < 1.29 is 9.18 Å². The van der Waals surface area contributed by atoms with Crippen LogP contribution in [0.2, 0.25) is 5.02 Å². The molecule has 0 radical (unpaired) electrons.